The van der Waals surface area contributed by atoms with Crippen LogP contribution in [0.25, 0.3) is 0 Å². The van der Waals surface area contributed by atoms with Crippen molar-refractivity contribution in [2.45, 2.75) is 32.2 Å². The first kappa shape index (κ1) is 16.2. The summed E-state index contributed by atoms with van der Waals surface area (Å²) in [5.74, 6) is -0.112. The fourth-order valence-electron chi connectivity index (χ4n) is 2.47. The first-order valence-corrected chi connectivity index (χ1v) is 7.14. The fraction of sp³-hybridized carbons (Fsp3) is 0.312. The van der Waals surface area contributed by atoms with Crippen LogP contribution in [0.3, 0.4) is 0 Å². The monoisotopic (exact) mass is 340 g/mol. The molecule has 0 atom stereocenters. The lowest BCUT2D eigenvalue weighted by Crippen LogP contribution is -2.42. The van der Waals surface area contributed by atoms with Crippen molar-refractivity contribution in [1.29, 1.82) is 0 Å². The molecular weight excluding hydrogens is 325 g/mol. The van der Waals surface area contributed by atoms with Crippen LogP contribution in [-0.4, -0.2) is 26.1 Å². The molecule has 0 amide bonds. The van der Waals surface area contributed by atoms with Gasteiger partial charge in [-0.3, -0.25) is 4.57 Å². The van der Waals surface area contributed by atoms with E-state index in [-0.39, 0.29) is 29.7 Å². The van der Waals surface area contributed by atoms with Crippen molar-refractivity contribution in [3.8, 4) is 17.5 Å². The Morgan fingerprint density at radius 1 is 1.12 bits per heavy atom. The Hall–Kier alpha value is -2.64. The number of ether oxygens (including phenoxy) is 1. The van der Waals surface area contributed by atoms with Gasteiger partial charge in [0.1, 0.15) is 17.0 Å². The van der Waals surface area contributed by atoms with Crippen LogP contribution in [-0.2, 0) is 12.7 Å². The van der Waals surface area contributed by atoms with Crippen LogP contribution in [0, 0.1) is 0 Å². The smallest absolute Gasteiger partial charge is 0.416 e. The molecule has 2 N–H and O–H groups in total. The number of nitrogens with zero attached hydrogens (tertiary/aromatic N) is 2. The molecule has 1 aliphatic rings. The summed E-state index contributed by atoms with van der Waals surface area (Å²) >= 11 is 0. The summed E-state index contributed by atoms with van der Waals surface area (Å²) in [6.45, 7) is 3.40. The Balaban J connectivity index is 2.04. The number of benzene rings is 1. The SMILES string of the molecule is CC1(C)Oc2ccc(C(F)(F)F)cc2N=C1Cn1c(O)ccc1O. The summed E-state index contributed by atoms with van der Waals surface area (Å²) in [7, 11) is 0. The quantitative estimate of drug-likeness (QED) is 0.872. The van der Waals surface area contributed by atoms with Crippen molar-refractivity contribution >= 4 is 11.4 Å². The van der Waals surface area contributed by atoms with E-state index < -0.39 is 17.3 Å². The number of hydrogen-bond acceptors (Lipinski definition) is 4. The summed E-state index contributed by atoms with van der Waals surface area (Å²) in [6, 6.07) is 5.72. The number of aromatic hydroxyl groups is 2. The Bertz CT molecular complexity index is 803. The average Bonchev–Trinajstić information content (AvgIpc) is 2.77. The van der Waals surface area contributed by atoms with E-state index in [1.807, 2.05) is 0 Å². The van der Waals surface area contributed by atoms with Crippen LogP contribution in [0.4, 0.5) is 18.9 Å². The van der Waals surface area contributed by atoms with Crippen LogP contribution in [0.5, 0.6) is 17.5 Å². The Labute approximate surface area is 135 Å². The van der Waals surface area contributed by atoms with Gasteiger partial charge in [-0.2, -0.15) is 13.2 Å². The first-order chi connectivity index (χ1) is 11.1. The molecule has 0 bridgehead atoms. The van der Waals surface area contributed by atoms with Crippen molar-refractivity contribution in [3.63, 3.8) is 0 Å². The van der Waals surface area contributed by atoms with Crippen molar-refractivity contribution in [1.82, 2.24) is 4.57 Å². The van der Waals surface area contributed by atoms with Gasteiger partial charge in [0.2, 0.25) is 0 Å². The van der Waals surface area contributed by atoms with Crippen LogP contribution in [0.1, 0.15) is 19.4 Å². The third kappa shape index (κ3) is 2.79. The van der Waals surface area contributed by atoms with Crippen molar-refractivity contribution in [2.24, 2.45) is 4.99 Å². The van der Waals surface area contributed by atoms with Gasteiger partial charge in [0.15, 0.2) is 11.8 Å². The third-order valence-corrected chi connectivity index (χ3v) is 3.84. The van der Waals surface area contributed by atoms with Gasteiger partial charge in [-0.25, -0.2) is 4.99 Å². The van der Waals surface area contributed by atoms with E-state index in [1.54, 1.807) is 13.8 Å². The van der Waals surface area contributed by atoms with Crippen molar-refractivity contribution in [3.05, 3.63) is 35.9 Å². The number of hydrogen-bond donors (Lipinski definition) is 2. The van der Waals surface area contributed by atoms with Gasteiger partial charge in [-0.15, -0.1) is 0 Å². The Morgan fingerprint density at radius 3 is 2.33 bits per heavy atom. The van der Waals surface area contributed by atoms with Crippen LogP contribution in [0.2, 0.25) is 0 Å². The summed E-state index contributed by atoms with van der Waals surface area (Å²) in [4.78, 5) is 4.28. The minimum atomic E-state index is -4.48. The van der Waals surface area contributed by atoms with E-state index in [1.165, 1.54) is 22.8 Å². The molecule has 2 heterocycles. The van der Waals surface area contributed by atoms with Crippen molar-refractivity contribution < 1.29 is 28.1 Å². The number of aliphatic imine (C=N–C) groups is 1. The molecule has 2 aromatic rings. The van der Waals surface area contributed by atoms with Gasteiger partial charge in [-0.05, 0) is 32.0 Å². The normalized spacial score (nSPS) is 16.3. The minimum absolute atomic E-state index is 0.0205. The summed E-state index contributed by atoms with van der Waals surface area (Å²) in [5, 5.41) is 19.5. The van der Waals surface area contributed by atoms with E-state index in [2.05, 4.69) is 4.99 Å². The second-order valence-corrected chi connectivity index (χ2v) is 5.99. The van der Waals surface area contributed by atoms with E-state index in [0.717, 1.165) is 12.1 Å². The van der Waals surface area contributed by atoms with Gasteiger partial charge in [0, 0.05) is 12.1 Å². The predicted octanol–water partition coefficient (Wildman–Crippen LogP) is 3.86. The van der Waals surface area contributed by atoms with E-state index >= 15 is 0 Å². The maximum atomic E-state index is 12.9. The minimum Gasteiger partial charge on any atom is -0.494 e. The lowest BCUT2D eigenvalue weighted by molar-refractivity contribution is -0.137. The van der Waals surface area contributed by atoms with Crippen LogP contribution in [0.15, 0.2) is 35.3 Å². The molecule has 0 fully saturated rings. The molecule has 24 heavy (non-hydrogen) atoms. The highest BCUT2D eigenvalue weighted by molar-refractivity contribution is 5.96. The molecule has 5 nitrogen and oxygen atoms in total. The third-order valence-electron chi connectivity index (χ3n) is 3.84. The molecule has 0 radical (unpaired) electrons. The highest BCUT2D eigenvalue weighted by atomic mass is 19.4. The zero-order valence-corrected chi connectivity index (χ0v) is 12.9. The molecule has 128 valence electrons. The maximum Gasteiger partial charge on any atom is 0.416 e. The number of aromatic nitrogens is 1. The standard InChI is InChI=1S/C16H15F3N2O3/c1-15(2)12(8-21-13(22)5-6-14(21)23)20-10-7-9(16(17,18)19)3-4-11(10)24-15/h3-7,22-23H,8H2,1-2H3. The number of rotatable bonds is 2. The zero-order valence-electron chi connectivity index (χ0n) is 12.9. The second-order valence-electron chi connectivity index (χ2n) is 5.99. The highest BCUT2D eigenvalue weighted by Gasteiger charge is 2.36. The van der Waals surface area contributed by atoms with Gasteiger partial charge in [0.05, 0.1) is 17.8 Å². The molecule has 8 heteroatoms. The molecule has 1 aromatic heterocycles. The molecule has 0 saturated heterocycles. The molecule has 1 aromatic carbocycles. The van der Waals surface area contributed by atoms with Crippen molar-refractivity contribution in [2.75, 3.05) is 0 Å². The largest absolute Gasteiger partial charge is 0.494 e. The molecule has 1 aliphatic heterocycles. The topological polar surface area (TPSA) is 67.0 Å². The lowest BCUT2D eigenvalue weighted by atomic mass is 9.99. The fourth-order valence-corrected chi connectivity index (χ4v) is 2.47. The lowest BCUT2D eigenvalue weighted by Gasteiger charge is -2.33. The first-order valence-electron chi connectivity index (χ1n) is 7.14. The molecule has 3 rings (SSSR count). The number of alkyl halides is 3. The van der Waals surface area contributed by atoms with Crippen LogP contribution < -0.4 is 4.74 Å². The molecule has 0 spiro atoms. The van der Waals surface area contributed by atoms with Gasteiger partial charge in [0.25, 0.3) is 0 Å². The van der Waals surface area contributed by atoms with Gasteiger partial charge < -0.3 is 14.9 Å². The Morgan fingerprint density at radius 2 is 1.75 bits per heavy atom. The van der Waals surface area contributed by atoms with Gasteiger partial charge in [-0.1, -0.05) is 0 Å². The van der Waals surface area contributed by atoms with E-state index in [4.69, 9.17) is 4.74 Å². The highest BCUT2D eigenvalue weighted by Crippen LogP contribution is 2.41. The summed E-state index contributed by atoms with van der Waals surface area (Å²) in [6.07, 6.45) is -4.48. The average molecular weight is 340 g/mol. The molecule has 0 aliphatic carbocycles. The number of halogens is 3. The second kappa shape index (κ2) is 5.19. The predicted molar refractivity (Wildman–Crippen MR) is 81.0 cm³/mol. The molecule has 0 saturated carbocycles. The maximum absolute atomic E-state index is 12.9. The molecular formula is C16H15F3N2O3. The van der Waals surface area contributed by atoms with E-state index in [0.29, 0.717) is 5.71 Å². The number of fused-ring (bicyclic) bond motifs is 1. The van der Waals surface area contributed by atoms with E-state index in [9.17, 15) is 23.4 Å². The summed E-state index contributed by atoms with van der Waals surface area (Å²) in [5.41, 5.74) is -1.30. The summed E-state index contributed by atoms with van der Waals surface area (Å²) < 4.78 is 45.5. The molecule has 0 unspecified atom stereocenters. The van der Waals surface area contributed by atoms with Gasteiger partial charge >= 0.3 is 6.18 Å². The zero-order chi connectivity index (χ0) is 17.7. The Kier molecular flexibility index (Phi) is 3.51. The van der Waals surface area contributed by atoms with Crippen LogP contribution >= 0.6 is 0 Å².